The number of hydrogen-bond acceptors (Lipinski definition) is 3. The molecule has 0 saturated carbocycles. The molecule has 5 heteroatoms. The molecule has 0 bridgehead atoms. The number of benzene rings is 3. The predicted molar refractivity (Wildman–Crippen MR) is 123 cm³/mol. The molecule has 0 aliphatic carbocycles. The standard InChI is InChI=1S/C25H27FN2OS/c1-2-3-16-28(19-21-8-7-9-23(29)17-21)25(30-24-10-5-4-6-11-24)27-18-20-12-14-22(26)15-13-20/h4-15,17,29H,2-3,16,18-19H2,1H3. The van der Waals surface area contributed by atoms with E-state index in [0.29, 0.717) is 13.1 Å². The summed E-state index contributed by atoms with van der Waals surface area (Å²) in [6.07, 6.45) is 2.13. The Kier molecular flexibility index (Phi) is 8.33. The number of aliphatic imine (C=N–C) groups is 1. The Morgan fingerprint density at radius 3 is 2.43 bits per heavy atom. The van der Waals surface area contributed by atoms with Crippen LogP contribution in [0.15, 0.2) is 88.8 Å². The number of halogens is 1. The summed E-state index contributed by atoms with van der Waals surface area (Å²) in [4.78, 5) is 8.29. The van der Waals surface area contributed by atoms with Crippen LogP contribution in [-0.4, -0.2) is 21.7 Å². The van der Waals surface area contributed by atoms with Crippen LogP contribution in [0.2, 0.25) is 0 Å². The van der Waals surface area contributed by atoms with Gasteiger partial charge in [0.1, 0.15) is 11.6 Å². The largest absolute Gasteiger partial charge is 0.508 e. The molecule has 156 valence electrons. The first-order chi connectivity index (χ1) is 14.6. The van der Waals surface area contributed by atoms with Gasteiger partial charge in [-0.2, -0.15) is 0 Å². The average molecular weight is 423 g/mol. The summed E-state index contributed by atoms with van der Waals surface area (Å²) >= 11 is 1.63. The van der Waals surface area contributed by atoms with Crippen LogP contribution in [0.25, 0.3) is 0 Å². The number of rotatable bonds is 8. The molecule has 0 unspecified atom stereocenters. The van der Waals surface area contributed by atoms with Gasteiger partial charge in [-0.15, -0.1) is 0 Å². The van der Waals surface area contributed by atoms with E-state index in [0.717, 1.165) is 40.6 Å². The molecule has 0 amide bonds. The zero-order valence-corrected chi connectivity index (χ0v) is 18.0. The SMILES string of the molecule is CCCCN(Cc1cccc(O)c1)C(=NCc1ccc(F)cc1)Sc1ccccc1. The summed E-state index contributed by atoms with van der Waals surface area (Å²) in [5.74, 6) is 0.0264. The van der Waals surface area contributed by atoms with Crippen LogP contribution in [0, 0.1) is 5.82 Å². The maximum absolute atomic E-state index is 13.2. The normalized spacial score (nSPS) is 11.5. The number of phenolic OH excluding ortho intramolecular Hbond substituents is 1. The zero-order chi connectivity index (χ0) is 21.2. The van der Waals surface area contributed by atoms with Crippen LogP contribution >= 0.6 is 11.8 Å². The van der Waals surface area contributed by atoms with Crippen molar-refractivity contribution in [2.24, 2.45) is 4.99 Å². The summed E-state index contributed by atoms with van der Waals surface area (Å²) in [6, 6.07) is 24.0. The highest BCUT2D eigenvalue weighted by molar-refractivity contribution is 8.13. The van der Waals surface area contributed by atoms with Crippen molar-refractivity contribution in [2.75, 3.05) is 6.54 Å². The van der Waals surface area contributed by atoms with Crippen LogP contribution in [-0.2, 0) is 13.1 Å². The van der Waals surface area contributed by atoms with Gasteiger partial charge < -0.3 is 10.0 Å². The minimum atomic E-state index is -0.241. The summed E-state index contributed by atoms with van der Waals surface area (Å²) in [5, 5.41) is 10.8. The van der Waals surface area contributed by atoms with Crippen LogP contribution in [0.5, 0.6) is 5.75 Å². The first-order valence-corrected chi connectivity index (χ1v) is 11.0. The van der Waals surface area contributed by atoms with Crippen molar-refractivity contribution in [1.29, 1.82) is 0 Å². The van der Waals surface area contributed by atoms with Crippen LogP contribution in [0.1, 0.15) is 30.9 Å². The number of unbranched alkanes of at least 4 members (excludes halogenated alkanes) is 1. The Hall–Kier alpha value is -2.79. The minimum Gasteiger partial charge on any atom is -0.508 e. The topological polar surface area (TPSA) is 35.8 Å². The molecule has 0 saturated heterocycles. The Balaban J connectivity index is 1.87. The van der Waals surface area contributed by atoms with E-state index < -0.39 is 0 Å². The van der Waals surface area contributed by atoms with Gasteiger partial charge in [-0.05, 0) is 53.9 Å². The lowest BCUT2D eigenvalue weighted by atomic mass is 10.2. The van der Waals surface area contributed by atoms with Gasteiger partial charge in [0.25, 0.3) is 0 Å². The number of hydrogen-bond donors (Lipinski definition) is 1. The number of nitrogens with zero attached hydrogens (tertiary/aromatic N) is 2. The molecule has 0 heterocycles. The monoisotopic (exact) mass is 422 g/mol. The van der Waals surface area contributed by atoms with Gasteiger partial charge in [0, 0.05) is 18.0 Å². The first-order valence-electron chi connectivity index (χ1n) is 10.2. The lowest BCUT2D eigenvalue weighted by molar-refractivity contribution is 0.406. The smallest absolute Gasteiger partial charge is 0.164 e. The van der Waals surface area contributed by atoms with E-state index in [-0.39, 0.29) is 11.6 Å². The highest BCUT2D eigenvalue weighted by Gasteiger charge is 2.14. The van der Waals surface area contributed by atoms with E-state index in [2.05, 4.69) is 24.0 Å². The van der Waals surface area contributed by atoms with E-state index in [1.165, 1.54) is 12.1 Å². The second-order valence-corrected chi connectivity index (χ2v) is 8.13. The molecule has 3 nitrogen and oxygen atoms in total. The Morgan fingerprint density at radius 2 is 1.73 bits per heavy atom. The number of amidine groups is 1. The van der Waals surface area contributed by atoms with Crippen molar-refractivity contribution in [2.45, 2.75) is 37.8 Å². The average Bonchev–Trinajstić information content (AvgIpc) is 2.76. The molecule has 3 aromatic rings. The molecule has 30 heavy (non-hydrogen) atoms. The van der Waals surface area contributed by atoms with Gasteiger partial charge in [0.05, 0.1) is 6.54 Å². The molecule has 1 N–H and O–H groups in total. The Bertz CT molecular complexity index is 945. The molecule has 0 fully saturated rings. The van der Waals surface area contributed by atoms with E-state index in [4.69, 9.17) is 4.99 Å². The molecule has 0 atom stereocenters. The van der Waals surface area contributed by atoms with E-state index in [9.17, 15) is 9.50 Å². The third-order valence-corrected chi connectivity index (χ3v) is 5.68. The van der Waals surface area contributed by atoms with Crippen LogP contribution in [0.4, 0.5) is 4.39 Å². The molecule has 0 aliphatic heterocycles. The maximum Gasteiger partial charge on any atom is 0.164 e. The summed E-state index contributed by atoms with van der Waals surface area (Å²) < 4.78 is 13.2. The van der Waals surface area contributed by atoms with Gasteiger partial charge in [-0.25, -0.2) is 4.39 Å². The highest BCUT2D eigenvalue weighted by Crippen LogP contribution is 2.24. The minimum absolute atomic E-state index is 0.241. The van der Waals surface area contributed by atoms with Crippen molar-refractivity contribution >= 4 is 16.9 Å². The molecule has 3 aromatic carbocycles. The second kappa shape index (κ2) is 11.4. The van der Waals surface area contributed by atoms with Gasteiger partial charge in [0.15, 0.2) is 5.17 Å². The predicted octanol–water partition coefficient (Wildman–Crippen LogP) is 6.48. The van der Waals surface area contributed by atoms with E-state index in [1.54, 1.807) is 36.0 Å². The number of phenols is 1. The third-order valence-electron chi connectivity index (χ3n) is 4.60. The molecule has 0 radical (unpaired) electrons. The van der Waals surface area contributed by atoms with Gasteiger partial charge in [-0.1, -0.05) is 67.6 Å². The molecular weight excluding hydrogens is 395 g/mol. The van der Waals surface area contributed by atoms with Crippen molar-refractivity contribution in [3.05, 3.63) is 95.8 Å². The lowest BCUT2D eigenvalue weighted by Crippen LogP contribution is -2.29. The quantitative estimate of drug-likeness (QED) is 0.256. The molecule has 0 spiro atoms. The van der Waals surface area contributed by atoms with Gasteiger partial charge in [-0.3, -0.25) is 4.99 Å². The van der Waals surface area contributed by atoms with Gasteiger partial charge >= 0.3 is 0 Å². The van der Waals surface area contributed by atoms with Crippen molar-refractivity contribution < 1.29 is 9.50 Å². The van der Waals surface area contributed by atoms with Gasteiger partial charge in [0.2, 0.25) is 0 Å². The summed E-state index contributed by atoms with van der Waals surface area (Å²) in [7, 11) is 0. The molecular formula is C25H27FN2OS. The number of thioether (sulfide) groups is 1. The fraction of sp³-hybridized carbons (Fsp3) is 0.240. The molecule has 0 aliphatic rings. The summed E-state index contributed by atoms with van der Waals surface area (Å²) in [5.41, 5.74) is 2.00. The third kappa shape index (κ3) is 6.92. The van der Waals surface area contributed by atoms with Crippen LogP contribution in [0.3, 0.4) is 0 Å². The number of aromatic hydroxyl groups is 1. The first kappa shape index (κ1) is 21.9. The molecule has 0 aromatic heterocycles. The fourth-order valence-corrected chi connectivity index (χ4v) is 3.92. The van der Waals surface area contributed by atoms with Crippen molar-refractivity contribution in [3.63, 3.8) is 0 Å². The van der Waals surface area contributed by atoms with E-state index >= 15 is 0 Å². The maximum atomic E-state index is 13.2. The highest BCUT2D eigenvalue weighted by atomic mass is 32.2. The lowest BCUT2D eigenvalue weighted by Gasteiger charge is -2.26. The Labute approximate surface area is 182 Å². The van der Waals surface area contributed by atoms with Crippen molar-refractivity contribution in [3.8, 4) is 5.75 Å². The zero-order valence-electron chi connectivity index (χ0n) is 17.2. The molecule has 3 rings (SSSR count). The van der Waals surface area contributed by atoms with E-state index in [1.807, 2.05) is 30.3 Å². The second-order valence-electron chi connectivity index (χ2n) is 7.09. The van der Waals surface area contributed by atoms with Crippen LogP contribution < -0.4 is 0 Å². The Morgan fingerprint density at radius 1 is 0.967 bits per heavy atom. The van der Waals surface area contributed by atoms with Crippen molar-refractivity contribution in [1.82, 2.24) is 4.90 Å². The summed E-state index contributed by atoms with van der Waals surface area (Å²) in [6.45, 7) is 4.19. The fourth-order valence-electron chi connectivity index (χ4n) is 3.01.